The molecule has 0 bridgehead atoms. The van der Waals surface area contributed by atoms with E-state index in [1.54, 1.807) is 13.8 Å². The van der Waals surface area contributed by atoms with E-state index in [0.29, 0.717) is 12.7 Å². The van der Waals surface area contributed by atoms with Gasteiger partial charge in [0, 0.05) is 13.2 Å². The fourth-order valence-corrected chi connectivity index (χ4v) is 1.51. The Kier molecular flexibility index (Phi) is 5.32. The van der Waals surface area contributed by atoms with Crippen molar-refractivity contribution in [3.05, 3.63) is 23.4 Å². The standard InChI is InChI=1S/C12H15F3N2O3/c1-3-20-7(2)6-16-10-8(11(18)19)4-5-9(17-10)12(13,14)15/h4-5,7H,3,6H2,1-2H3,(H,16,17)(H,18,19). The predicted octanol–water partition coefficient (Wildman–Crippen LogP) is 2.64. The van der Waals surface area contributed by atoms with Crippen molar-refractivity contribution < 1.29 is 27.8 Å². The first-order valence-electron chi connectivity index (χ1n) is 5.92. The molecule has 8 heteroatoms. The average molecular weight is 292 g/mol. The van der Waals surface area contributed by atoms with Gasteiger partial charge in [0.15, 0.2) is 0 Å². The summed E-state index contributed by atoms with van der Waals surface area (Å²) >= 11 is 0. The SMILES string of the molecule is CCOC(C)CNc1nc(C(F)(F)F)ccc1C(=O)O. The smallest absolute Gasteiger partial charge is 0.433 e. The lowest BCUT2D eigenvalue weighted by molar-refractivity contribution is -0.141. The first kappa shape index (κ1) is 16.2. The van der Waals surface area contributed by atoms with Gasteiger partial charge >= 0.3 is 12.1 Å². The van der Waals surface area contributed by atoms with Crippen LogP contribution < -0.4 is 5.32 Å². The van der Waals surface area contributed by atoms with Gasteiger partial charge in [-0.05, 0) is 26.0 Å². The molecule has 112 valence electrons. The summed E-state index contributed by atoms with van der Waals surface area (Å²) in [6.45, 7) is 4.10. The Morgan fingerprint density at radius 1 is 1.50 bits per heavy atom. The quantitative estimate of drug-likeness (QED) is 0.843. The van der Waals surface area contributed by atoms with Crippen LogP contribution in [0.3, 0.4) is 0 Å². The highest BCUT2D eigenvalue weighted by Crippen LogP contribution is 2.29. The number of halogens is 3. The number of hydrogen-bond donors (Lipinski definition) is 2. The van der Waals surface area contributed by atoms with Gasteiger partial charge in [0.1, 0.15) is 17.1 Å². The molecular weight excluding hydrogens is 277 g/mol. The molecule has 1 aromatic rings. The van der Waals surface area contributed by atoms with Gasteiger partial charge in [0.25, 0.3) is 0 Å². The zero-order valence-electron chi connectivity index (χ0n) is 11.0. The number of carboxylic acid groups (broad SMARTS) is 1. The summed E-state index contributed by atoms with van der Waals surface area (Å²) in [7, 11) is 0. The van der Waals surface area contributed by atoms with E-state index in [2.05, 4.69) is 10.3 Å². The Morgan fingerprint density at radius 3 is 2.65 bits per heavy atom. The Balaban J connectivity index is 2.98. The molecule has 0 spiro atoms. The number of aromatic carboxylic acids is 1. The Hall–Kier alpha value is -1.83. The third-order valence-corrected chi connectivity index (χ3v) is 2.42. The highest BCUT2D eigenvalue weighted by molar-refractivity contribution is 5.93. The molecule has 0 aliphatic heterocycles. The third-order valence-electron chi connectivity index (χ3n) is 2.42. The average Bonchev–Trinajstić information content (AvgIpc) is 2.35. The number of anilines is 1. The second-order valence-corrected chi connectivity index (χ2v) is 4.04. The van der Waals surface area contributed by atoms with Crippen LogP contribution in [0.15, 0.2) is 12.1 Å². The van der Waals surface area contributed by atoms with Crippen molar-refractivity contribution in [1.82, 2.24) is 4.98 Å². The molecule has 0 saturated heterocycles. The molecule has 20 heavy (non-hydrogen) atoms. The maximum atomic E-state index is 12.6. The van der Waals surface area contributed by atoms with Crippen molar-refractivity contribution in [3.63, 3.8) is 0 Å². The van der Waals surface area contributed by atoms with Gasteiger partial charge in [-0.25, -0.2) is 9.78 Å². The minimum atomic E-state index is -4.63. The molecule has 0 aliphatic carbocycles. The highest BCUT2D eigenvalue weighted by atomic mass is 19.4. The fraction of sp³-hybridized carbons (Fsp3) is 0.500. The Bertz CT molecular complexity index is 478. The zero-order valence-corrected chi connectivity index (χ0v) is 11.0. The van der Waals surface area contributed by atoms with Gasteiger partial charge in [-0.15, -0.1) is 0 Å². The minimum absolute atomic E-state index is 0.155. The first-order chi connectivity index (χ1) is 9.25. The van der Waals surface area contributed by atoms with Crippen LogP contribution in [0.1, 0.15) is 29.9 Å². The van der Waals surface area contributed by atoms with E-state index in [1.807, 2.05) is 0 Å². The zero-order chi connectivity index (χ0) is 15.3. The molecule has 2 N–H and O–H groups in total. The number of carbonyl (C=O) groups is 1. The summed E-state index contributed by atoms with van der Waals surface area (Å²) in [6.07, 6.45) is -4.91. The number of nitrogens with zero attached hydrogens (tertiary/aromatic N) is 1. The molecule has 1 heterocycles. The van der Waals surface area contributed by atoms with Crippen molar-refractivity contribution in [3.8, 4) is 0 Å². The van der Waals surface area contributed by atoms with Gasteiger partial charge in [-0.1, -0.05) is 0 Å². The number of hydrogen-bond acceptors (Lipinski definition) is 4. The minimum Gasteiger partial charge on any atom is -0.478 e. The van der Waals surface area contributed by atoms with E-state index < -0.39 is 17.8 Å². The van der Waals surface area contributed by atoms with Crippen LogP contribution in [0.4, 0.5) is 19.0 Å². The van der Waals surface area contributed by atoms with E-state index >= 15 is 0 Å². The van der Waals surface area contributed by atoms with Crippen LogP contribution in [0.5, 0.6) is 0 Å². The molecule has 0 radical (unpaired) electrons. The Labute approximate surface area is 113 Å². The second-order valence-electron chi connectivity index (χ2n) is 4.04. The second kappa shape index (κ2) is 6.56. The van der Waals surface area contributed by atoms with Gasteiger partial charge < -0.3 is 15.2 Å². The summed E-state index contributed by atoms with van der Waals surface area (Å²) in [5.74, 6) is -1.67. The molecular formula is C12H15F3N2O3. The molecule has 1 atom stereocenters. The van der Waals surface area contributed by atoms with Crippen molar-refractivity contribution in [2.75, 3.05) is 18.5 Å². The topological polar surface area (TPSA) is 71.5 Å². The summed E-state index contributed by atoms with van der Waals surface area (Å²) in [6, 6.07) is 1.52. The number of aromatic nitrogens is 1. The van der Waals surface area contributed by atoms with Crippen LogP contribution in [-0.4, -0.2) is 35.3 Å². The molecule has 1 unspecified atom stereocenters. The molecule has 1 aromatic heterocycles. The largest absolute Gasteiger partial charge is 0.478 e. The van der Waals surface area contributed by atoms with E-state index in [9.17, 15) is 18.0 Å². The maximum absolute atomic E-state index is 12.6. The van der Waals surface area contributed by atoms with E-state index in [0.717, 1.165) is 6.07 Å². The lowest BCUT2D eigenvalue weighted by Gasteiger charge is -2.15. The van der Waals surface area contributed by atoms with Gasteiger partial charge in [-0.2, -0.15) is 13.2 Å². The molecule has 0 saturated carbocycles. The Morgan fingerprint density at radius 2 is 2.15 bits per heavy atom. The monoisotopic (exact) mass is 292 g/mol. The van der Waals surface area contributed by atoms with Crippen LogP contribution in [0, 0.1) is 0 Å². The van der Waals surface area contributed by atoms with Crippen molar-refractivity contribution in [1.29, 1.82) is 0 Å². The van der Waals surface area contributed by atoms with Gasteiger partial charge in [0.05, 0.1) is 6.10 Å². The molecule has 0 aliphatic rings. The van der Waals surface area contributed by atoms with Crippen molar-refractivity contribution in [2.45, 2.75) is 26.1 Å². The van der Waals surface area contributed by atoms with E-state index in [4.69, 9.17) is 9.84 Å². The highest BCUT2D eigenvalue weighted by Gasteiger charge is 2.33. The number of nitrogens with one attached hydrogen (secondary N) is 1. The number of carboxylic acids is 1. The van der Waals surface area contributed by atoms with E-state index in [1.165, 1.54) is 0 Å². The molecule has 0 fully saturated rings. The van der Waals surface area contributed by atoms with Gasteiger partial charge in [-0.3, -0.25) is 0 Å². The molecule has 5 nitrogen and oxygen atoms in total. The number of rotatable bonds is 6. The predicted molar refractivity (Wildman–Crippen MR) is 65.8 cm³/mol. The molecule has 1 rings (SSSR count). The number of pyridine rings is 1. The van der Waals surface area contributed by atoms with Crippen LogP contribution >= 0.6 is 0 Å². The molecule has 0 amide bonds. The van der Waals surface area contributed by atoms with Crippen molar-refractivity contribution >= 4 is 11.8 Å². The van der Waals surface area contributed by atoms with Crippen LogP contribution in [-0.2, 0) is 10.9 Å². The summed E-state index contributed by atoms with van der Waals surface area (Å²) in [5.41, 5.74) is -1.46. The third kappa shape index (κ3) is 4.37. The first-order valence-corrected chi connectivity index (χ1v) is 5.92. The van der Waals surface area contributed by atoms with Crippen LogP contribution in [0.2, 0.25) is 0 Å². The summed E-state index contributed by atoms with van der Waals surface area (Å²) < 4.78 is 42.9. The van der Waals surface area contributed by atoms with Gasteiger partial charge in [0.2, 0.25) is 0 Å². The molecule has 0 aromatic carbocycles. The van der Waals surface area contributed by atoms with E-state index in [-0.39, 0.29) is 24.0 Å². The van der Waals surface area contributed by atoms with Crippen molar-refractivity contribution in [2.24, 2.45) is 0 Å². The number of alkyl halides is 3. The normalized spacial score (nSPS) is 13.1. The lowest BCUT2D eigenvalue weighted by Crippen LogP contribution is -2.22. The van der Waals surface area contributed by atoms with Crippen LogP contribution in [0.25, 0.3) is 0 Å². The summed E-state index contributed by atoms with van der Waals surface area (Å²) in [5, 5.41) is 11.5. The summed E-state index contributed by atoms with van der Waals surface area (Å²) in [4.78, 5) is 14.3. The maximum Gasteiger partial charge on any atom is 0.433 e. The number of ether oxygens (including phenoxy) is 1. The lowest BCUT2D eigenvalue weighted by atomic mass is 10.2. The fourth-order valence-electron chi connectivity index (χ4n) is 1.51.